The summed E-state index contributed by atoms with van der Waals surface area (Å²) in [4.78, 5) is 10.8. The lowest BCUT2D eigenvalue weighted by Gasteiger charge is -2.16. The van der Waals surface area contributed by atoms with Crippen molar-refractivity contribution in [2.45, 2.75) is 32.7 Å². The van der Waals surface area contributed by atoms with Crippen molar-refractivity contribution in [2.75, 3.05) is 5.32 Å². The summed E-state index contributed by atoms with van der Waals surface area (Å²) in [5.74, 6) is -0.902. The molecule has 0 heterocycles. The second kappa shape index (κ2) is 6.93. The van der Waals surface area contributed by atoms with Crippen molar-refractivity contribution in [1.29, 1.82) is 0 Å². The molecule has 21 heavy (non-hydrogen) atoms. The third-order valence-electron chi connectivity index (χ3n) is 3.53. The summed E-state index contributed by atoms with van der Waals surface area (Å²) in [6, 6.07) is 15.6. The van der Waals surface area contributed by atoms with E-state index in [1.807, 2.05) is 0 Å². The van der Waals surface area contributed by atoms with Crippen LogP contribution in [0.5, 0.6) is 0 Å². The van der Waals surface area contributed by atoms with Crippen LogP contribution in [-0.4, -0.2) is 11.1 Å². The van der Waals surface area contributed by atoms with Crippen LogP contribution in [0.3, 0.4) is 0 Å². The largest absolute Gasteiger partial charge is 0.478 e. The lowest BCUT2D eigenvalue weighted by Crippen LogP contribution is -2.07. The smallest absolute Gasteiger partial charge is 0.335 e. The molecule has 0 saturated carbocycles. The van der Waals surface area contributed by atoms with Crippen molar-refractivity contribution in [2.24, 2.45) is 0 Å². The van der Waals surface area contributed by atoms with E-state index in [9.17, 15) is 4.79 Å². The van der Waals surface area contributed by atoms with Gasteiger partial charge in [-0.05, 0) is 48.7 Å². The number of anilines is 1. The fourth-order valence-electron chi connectivity index (χ4n) is 2.30. The van der Waals surface area contributed by atoms with Crippen molar-refractivity contribution in [3.05, 3.63) is 65.2 Å². The first-order chi connectivity index (χ1) is 10.1. The lowest BCUT2D eigenvalue weighted by molar-refractivity contribution is 0.0697. The van der Waals surface area contributed by atoms with E-state index in [1.165, 1.54) is 11.1 Å². The minimum Gasteiger partial charge on any atom is -0.478 e. The summed E-state index contributed by atoms with van der Waals surface area (Å²) < 4.78 is 0. The third-order valence-corrected chi connectivity index (χ3v) is 3.53. The zero-order valence-corrected chi connectivity index (χ0v) is 12.5. The highest BCUT2D eigenvalue weighted by Gasteiger charge is 2.06. The zero-order chi connectivity index (χ0) is 15.2. The van der Waals surface area contributed by atoms with Gasteiger partial charge >= 0.3 is 5.97 Å². The normalized spacial score (nSPS) is 11.9. The van der Waals surface area contributed by atoms with Gasteiger partial charge in [0.2, 0.25) is 0 Å². The van der Waals surface area contributed by atoms with E-state index in [-0.39, 0.29) is 6.04 Å². The first-order valence-corrected chi connectivity index (χ1v) is 7.29. The van der Waals surface area contributed by atoms with Gasteiger partial charge in [0.05, 0.1) is 5.56 Å². The van der Waals surface area contributed by atoms with Crippen molar-refractivity contribution >= 4 is 11.7 Å². The molecule has 0 aliphatic carbocycles. The average Bonchev–Trinajstić information content (AvgIpc) is 2.49. The highest BCUT2D eigenvalue weighted by atomic mass is 16.4. The lowest BCUT2D eigenvalue weighted by atomic mass is 10.0. The van der Waals surface area contributed by atoms with Crippen molar-refractivity contribution in [3.8, 4) is 0 Å². The minimum absolute atomic E-state index is 0.177. The Labute approximate surface area is 125 Å². The molecule has 2 aromatic rings. The number of hydrogen-bond donors (Lipinski definition) is 2. The molecule has 0 amide bonds. The van der Waals surface area contributed by atoms with Crippen molar-refractivity contribution in [1.82, 2.24) is 0 Å². The molecular formula is C18H21NO2. The van der Waals surface area contributed by atoms with E-state index in [0.717, 1.165) is 18.5 Å². The van der Waals surface area contributed by atoms with Crippen LogP contribution in [0.4, 0.5) is 5.69 Å². The highest BCUT2D eigenvalue weighted by Crippen LogP contribution is 2.20. The molecule has 2 aromatic carbocycles. The summed E-state index contributed by atoms with van der Waals surface area (Å²) in [6.07, 6.45) is 2.27. The van der Waals surface area contributed by atoms with E-state index in [0.29, 0.717) is 5.56 Å². The van der Waals surface area contributed by atoms with Gasteiger partial charge in [-0.15, -0.1) is 0 Å². The second-order valence-electron chi connectivity index (χ2n) is 5.24. The van der Waals surface area contributed by atoms with Crippen LogP contribution in [0.25, 0.3) is 0 Å². The maximum Gasteiger partial charge on any atom is 0.335 e. The number of carboxylic acids is 1. The summed E-state index contributed by atoms with van der Waals surface area (Å²) in [6.45, 7) is 4.28. The Hall–Kier alpha value is -2.29. The van der Waals surface area contributed by atoms with Crippen LogP contribution >= 0.6 is 0 Å². The van der Waals surface area contributed by atoms with Gasteiger partial charge in [0.25, 0.3) is 0 Å². The fourth-order valence-corrected chi connectivity index (χ4v) is 2.30. The number of aryl methyl sites for hydroxylation is 1. The third kappa shape index (κ3) is 4.09. The van der Waals surface area contributed by atoms with Crippen LogP contribution in [0, 0.1) is 0 Å². The molecule has 2 rings (SSSR count). The van der Waals surface area contributed by atoms with E-state index in [4.69, 9.17) is 5.11 Å². The van der Waals surface area contributed by atoms with Crippen molar-refractivity contribution < 1.29 is 9.90 Å². The Morgan fingerprint density at radius 3 is 2.24 bits per heavy atom. The number of benzene rings is 2. The Morgan fingerprint density at radius 2 is 1.71 bits per heavy atom. The van der Waals surface area contributed by atoms with Gasteiger partial charge in [-0.1, -0.05) is 37.6 Å². The molecule has 1 unspecified atom stereocenters. The molecule has 0 saturated heterocycles. The fraction of sp³-hybridized carbons (Fsp3) is 0.278. The molecule has 3 heteroatoms. The Balaban J connectivity index is 2.03. The minimum atomic E-state index is -0.902. The standard InChI is InChI=1S/C18H21NO2/c1-3-4-14-5-7-15(8-6-14)13(2)19-17-11-9-16(10-12-17)18(20)21/h5-13,19H,3-4H2,1-2H3,(H,20,21). The van der Waals surface area contributed by atoms with E-state index >= 15 is 0 Å². The maximum absolute atomic E-state index is 10.8. The monoisotopic (exact) mass is 283 g/mol. The van der Waals surface area contributed by atoms with Gasteiger partial charge in [-0.3, -0.25) is 0 Å². The van der Waals surface area contributed by atoms with Gasteiger partial charge in [-0.25, -0.2) is 4.79 Å². The first-order valence-electron chi connectivity index (χ1n) is 7.29. The Morgan fingerprint density at radius 1 is 1.10 bits per heavy atom. The molecule has 3 nitrogen and oxygen atoms in total. The van der Waals surface area contributed by atoms with Crippen LogP contribution < -0.4 is 5.32 Å². The summed E-state index contributed by atoms with van der Waals surface area (Å²) >= 11 is 0. The zero-order valence-electron chi connectivity index (χ0n) is 12.5. The van der Waals surface area contributed by atoms with Gasteiger partial charge in [0, 0.05) is 11.7 Å². The predicted molar refractivity (Wildman–Crippen MR) is 85.9 cm³/mol. The van der Waals surface area contributed by atoms with Crippen LogP contribution in [-0.2, 0) is 6.42 Å². The van der Waals surface area contributed by atoms with Crippen molar-refractivity contribution in [3.63, 3.8) is 0 Å². The summed E-state index contributed by atoms with van der Waals surface area (Å²) in [7, 11) is 0. The van der Waals surface area contributed by atoms with Gasteiger partial charge in [0.1, 0.15) is 0 Å². The first kappa shape index (κ1) is 15.1. The quantitative estimate of drug-likeness (QED) is 0.820. The number of carboxylic acid groups (broad SMARTS) is 1. The number of nitrogens with one attached hydrogen (secondary N) is 1. The van der Waals surface area contributed by atoms with E-state index in [1.54, 1.807) is 24.3 Å². The molecule has 0 radical (unpaired) electrons. The molecule has 1 atom stereocenters. The molecule has 110 valence electrons. The summed E-state index contributed by atoms with van der Waals surface area (Å²) in [5, 5.41) is 12.3. The van der Waals surface area contributed by atoms with E-state index < -0.39 is 5.97 Å². The number of carbonyl (C=O) groups is 1. The van der Waals surface area contributed by atoms with Crippen LogP contribution in [0.1, 0.15) is 47.8 Å². The Kier molecular flexibility index (Phi) is 4.99. The van der Waals surface area contributed by atoms with Gasteiger partial charge < -0.3 is 10.4 Å². The second-order valence-corrected chi connectivity index (χ2v) is 5.24. The molecule has 0 spiro atoms. The topological polar surface area (TPSA) is 49.3 Å². The Bertz CT molecular complexity index is 588. The van der Waals surface area contributed by atoms with Gasteiger partial charge in [-0.2, -0.15) is 0 Å². The van der Waals surface area contributed by atoms with E-state index in [2.05, 4.69) is 43.4 Å². The number of rotatable bonds is 6. The molecule has 0 aliphatic heterocycles. The molecule has 0 aliphatic rings. The summed E-state index contributed by atoms with van der Waals surface area (Å²) in [5.41, 5.74) is 3.80. The predicted octanol–water partition coefficient (Wildman–Crippen LogP) is 4.51. The molecular weight excluding hydrogens is 262 g/mol. The molecule has 0 bridgehead atoms. The number of hydrogen-bond acceptors (Lipinski definition) is 2. The van der Waals surface area contributed by atoms with Gasteiger partial charge in [0.15, 0.2) is 0 Å². The molecule has 0 fully saturated rings. The van der Waals surface area contributed by atoms with Crippen LogP contribution in [0.2, 0.25) is 0 Å². The highest BCUT2D eigenvalue weighted by molar-refractivity contribution is 5.88. The maximum atomic E-state index is 10.8. The SMILES string of the molecule is CCCc1ccc(C(C)Nc2ccc(C(=O)O)cc2)cc1. The molecule has 0 aromatic heterocycles. The number of aromatic carboxylic acids is 1. The average molecular weight is 283 g/mol. The van der Waals surface area contributed by atoms with Crippen LogP contribution in [0.15, 0.2) is 48.5 Å². The molecule has 2 N–H and O–H groups in total.